The SMILES string of the molecule is COc1ccc(C(=O)N(CCCCCCC(=O)NO)c2ccc(-c3ccc4c(c3)C=CC4)cc2)cc1. The topological polar surface area (TPSA) is 78.9 Å². The molecule has 4 rings (SSSR count). The van der Waals surface area contributed by atoms with Gasteiger partial charge in [-0.15, -0.1) is 0 Å². The molecule has 1 aliphatic rings. The third-order valence-corrected chi connectivity index (χ3v) is 6.54. The number of anilines is 1. The average molecular weight is 485 g/mol. The number of fused-ring (bicyclic) bond motifs is 1. The van der Waals surface area contributed by atoms with Gasteiger partial charge in [-0.2, -0.15) is 0 Å². The monoisotopic (exact) mass is 484 g/mol. The number of amides is 2. The molecule has 36 heavy (non-hydrogen) atoms. The quantitative estimate of drug-likeness (QED) is 0.198. The normalized spacial score (nSPS) is 11.7. The van der Waals surface area contributed by atoms with Gasteiger partial charge in [0.05, 0.1) is 7.11 Å². The van der Waals surface area contributed by atoms with Crippen LogP contribution in [0.1, 0.15) is 53.6 Å². The lowest BCUT2D eigenvalue weighted by molar-refractivity contribution is -0.129. The number of unbranched alkanes of at least 4 members (excludes halogenated alkanes) is 3. The third kappa shape index (κ3) is 6.20. The van der Waals surface area contributed by atoms with Gasteiger partial charge in [0.1, 0.15) is 5.75 Å². The molecule has 6 heteroatoms. The minimum Gasteiger partial charge on any atom is -0.497 e. The molecule has 0 spiro atoms. The molecule has 0 saturated carbocycles. The van der Waals surface area contributed by atoms with Crippen molar-refractivity contribution in [3.8, 4) is 16.9 Å². The number of hydrogen-bond acceptors (Lipinski definition) is 4. The Labute approximate surface area is 212 Å². The molecule has 0 aromatic heterocycles. The molecule has 2 N–H and O–H groups in total. The van der Waals surface area contributed by atoms with Crippen molar-refractivity contribution >= 4 is 23.6 Å². The van der Waals surface area contributed by atoms with E-state index in [2.05, 4.69) is 42.5 Å². The molecule has 186 valence electrons. The van der Waals surface area contributed by atoms with Crippen LogP contribution < -0.4 is 15.1 Å². The number of benzene rings is 3. The molecule has 2 amide bonds. The van der Waals surface area contributed by atoms with Crippen molar-refractivity contribution in [2.75, 3.05) is 18.6 Å². The Bertz CT molecular complexity index is 1220. The lowest BCUT2D eigenvalue weighted by Gasteiger charge is -2.23. The second-order valence-electron chi connectivity index (χ2n) is 8.95. The van der Waals surface area contributed by atoms with Crippen LogP contribution in [-0.4, -0.2) is 30.7 Å². The molecule has 0 atom stereocenters. The van der Waals surface area contributed by atoms with Gasteiger partial charge in [-0.1, -0.05) is 49.3 Å². The van der Waals surface area contributed by atoms with Crippen molar-refractivity contribution in [3.63, 3.8) is 0 Å². The molecule has 3 aromatic rings. The fraction of sp³-hybridized carbons (Fsp3) is 0.267. The number of allylic oxidation sites excluding steroid dienone is 1. The van der Waals surface area contributed by atoms with Gasteiger partial charge >= 0.3 is 0 Å². The van der Waals surface area contributed by atoms with Crippen molar-refractivity contribution in [1.29, 1.82) is 0 Å². The molecule has 0 unspecified atom stereocenters. The predicted octanol–water partition coefficient (Wildman–Crippen LogP) is 6.03. The minimum absolute atomic E-state index is 0.0623. The maximum absolute atomic E-state index is 13.5. The van der Waals surface area contributed by atoms with Gasteiger partial charge in [0, 0.05) is 24.2 Å². The fourth-order valence-electron chi connectivity index (χ4n) is 4.46. The number of ether oxygens (including phenoxy) is 1. The zero-order valence-corrected chi connectivity index (χ0v) is 20.6. The van der Waals surface area contributed by atoms with E-state index >= 15 is 0 Å². The van der Waals surface area contributed by atoms with E-state index in [0.29, 0.717) is 30.7 Å². The summed E-state index contributed by atoms with van der Waals surface area (Å²) in [5.74, 6) is 0.275. The van der Waals surface area contributed by atoms with Crippen LogP contribution in [0, 0.1) is 0 Å². The summed E-state index contributed by atoms with van der Waals surface area (Å²) in [6.45, 7) is 0.569. The highest BCUT2D eigenvalue weighted by Gasteiger charge is 2.18. The molecular formula is C30H32N2O4. The van der Waals surface area contributed by atoms with Crippen LogP contribution in [-0.2, 0) is 11.2 Å². The standard InChI is InChI=1S/C30H32N2O4/c1-36-28-18-14-24(15-19-28)30(34)32(20-5-3-2-4-9-29(33)31-35)27-16-12-23(13-17-27)26-11-10-22-7-6-8-25(22)21-26/h6,8,10-19,21,35H,2-5,7,9,20H2,1H3,(H,31,33). The molecule has 0 aliphatic heterocycles. The van der Waals surface area contributed by atoms with Crippen LogP contribution in [0.15, 0.2) is 72.8 Å². The molecule has 0 heterocycles. The van der Waals surface area contributed by atoms with Gasteiger partial charge in [0.2, 0.25) is 5.91 Å². The summed E-state index contributed by atoms with van der Waals surface area (Å²) in [7, 11) is 1.60. The van der Waals surface area contributed by atoms with Crippen molar-refractivity contribution < 1.29 is 19.5 Å². The zero-order chi connectivity index (χ0) is 25.3. The number of carbonyl (C=O) groups excluding carboxylic acids is 2. The van der Waals surface area contributed by atoms with Crippen molar-refractivity contribution in [2.45, 2.75) is 38.5 Å². The van der Waals surface area contributed by atoms with Gasteiger partial charge in [-0.05, 0) is 84.0 Å². The number of hydrogen-bond donors (Lipinski definition) is 2. The van der Waals surface area contributed by atoms with E-state index in [1.165, 1.54) is 11.1 Å². The van der Waals surface area contributed by atoms with Crippen LogP contribution in [0.4, 0.5) is 5.69 Å². The maximum atomic E-state index is 13.5. The van der Waals surface area contributed by atoms with Gasteiger partial charge < -0.3 is 9.64 Å². The van der Waals surface area contributed by atoms with Crippen molar-refractivity contribution in [3.05, 3.63) is 89.5 Å². The highest BCUT2D eigenvalue weighted by atomic mass is 16.5. The Morgan fingerprint density at radius 2 is 1.64 bits per heavy atom. The minimum atomic E-state index is -0.370. The van der Waals surface area contributed by atoms with Crippen molar-refractivity contribution in [1.82, 2.24) is 5.48 Å². The first-order valence-corrected chi connectivity index (χ1v) is 12.4. The summed E-state index contributed by atoms with van der Waals surface area (Å²) in [6, 6.07) is 21.9. The van der Waals surface area contributed by atoms with E-state index < -0.39 is 0 Å². The second kappa shape index (κ2) is 12.2. The van der Waals surface area contributed by atoms with Gasteiger partial charge in [0.15, 0.2) is 0 Å². The molecule has 6 nitrogen and oxygen atoms in total. The Balaban J connectivity index is 1.48. The van der Waals surface area contributed by atoms with Crippen molar-refractivity contribution in [2.24, 2.45) is 0 Å². The Kier molecular flexibility index (Phi) is 8.53. The number of methoxy groups -OCH3 is 1. The Hall–Kier alpha value is -3.90. The molecule has 0 saturated heterocycles. The number of nitrogens with zero attached hydrogens (tertiary/aromatic N) is 1. The third-order valence-electron chi connectivity index (χ3n) is 6.54. The number of rotatable bonds is 11. The van der Waals surface area contributed by atoms with E-state index in [0.717, 1.165) is 42.5 Å². The maximum Gasteiger partial charge on any atom is 0.258 e. The molecule has 0 fully saturated rings. The highest BCUT2D eigenvalue weighted by Crippen LogP contribution is 2.29. The van der Waals surface area contributed by atoms with Crippen LogP contribution in [0.2, 0.25) is 0 Å². The molecule has 1 aliphatic carbocycles. The summed E-state index contributed by atoms with van der Waals surface area (Å²) in [5, 5.41) is 8.62. The first-order chi connectivity index (χ1) is 17.6. The van der Waals surface area contributed by atoms with Crippen LogP contribution in [0.3, 0.4) is 0 Å². The smallest absolute Gasteiger partial charge is 0.258 e. The van der Waals surface area contributed by atoms with E-state index in [1.807, 2.05) is 17.0 Å². The molecular weight excluding hydrogens is 452 g/mol. The summed E-state index contributed by atoms with van der Waals surface area (Å²) in [4.78, 5) is 26.5. The first-order valence-electron chi connectivity index (χ1n) is 12.4. The van der Waals surface area contributed by atoms with Crippen LogP contribution in [0.25, 0.3) is 17.2 Å². The zero-order valence-electron chi connectivity index (χ0n) is 20.6. The summed E-state index contributed by atoms with van der Waals surface area (Å²) in [6.07, 6.45) is 8.87. The Morgan fingerprint density at radius 1 is 0.917 bits per heavy atom. The predicted molar refractivity (Wildman–Crippen MR) is 142 cm³/mol. The van der Waals surface area contributed by atoms with Crippen LogP contribution >= 0.6 is 0 Å². The summed E-state index contributed by atoms with van der Waals surface area (Å²) >= 11 is 0. The Morgan fingerprint density at radius 3 is 2.36 bits per heavy atom. The lowest BCUT2D eigenvalue weighted by Crippen LogP contribution is -2.32. The average Bonchev–Trinajstić information content (AvgIpc) is 3.40. The fourth-order valence-corrected chi connectivity index (χ4v) is 4.46. The first kappa shape index (κ1) is 25.2. The largest absolute Gasteiger partial charge is 0.497 e. The second-order valence-corrected chi connectivity index (χ2v) is 8.95. The molecule has 0 bridgehead atoms. The summed E-state index contributed by atoms with van der Waals surface area (Å²) in [5.41, 5.74) is 8.00. The van der Waals surface area contributed by atoms with E-state index in [4.69, 9.17) is 9.94 Å². The van der Waals surface area contributed by atoms with Gasteiger partial charge in [0.25, 0.3) is 5.91 Å². The van der Waals surface area contributed by atoms with Crippen LogP contribution in [0.5, 0.6) is 5.75 Å². The molecule has 0 radical (unpaired) electrons. The number of nitrogens with one attached hydrogen (secondary N) is 1. The lowest BCUT2D eigenvalue weighted by atomic mass is 10.00. The van der Waals surface area contributed by atoms with E-state index in [1.54, 1.807) is 36.9 Å². The number of carbonyl (C=O) groups is 2. The van der Waals surface area contributed by atoms with E-state index in [9.17, 15) is 9.59 Å². The van der Waals surface area contributed by atoms with Gasteiger partial charge in [-0.25, -0.2) is 5.48 Å². The molecule has 3 aromatic carbocycles. The summed E-state index contributed by atoms with van der Waals surface area (Å²) < 4.78 is 5.23. The van der Waals surface area contributed by atoms with E-state index in [-0.39, 0.29) is 11.8 Å². The highest BCUT2D eigenvalue weighted by molar-refractivity contribution is 6.06. The van der Waals surface area contributed by atoms with Gasteiger partial charge in [-0.3, -0.25) is 14.8 Å². The number of hydroxylamine groups is 1.